The lowest BCUT2D eigenvalue weighted by Crippen LogP contribution is -2.23. The highest BCUT2D eigenvalue weighted by atomic mass is 16.5. The number of aromatic nitrogens is 4. The van der Waals surface area contributed by atoms with Crippen molar-refractivity contribution in [2.75, 3.05) is 7.11 Å². The second kappa shape index (κ2) is 8.47. The topological polar surface area (TPSA) is 71.2 Å². The van der Waals surface area contributed by atoms with E-state index in [0.717, 1.165) is 28.0 Å². The molecule has 0 radical (unpaired) electrons. The molecule has 7 nitrogen and oxygen atoms in total. The van der Waals surface area contributed by atoms with Crippen molar-refractivity contribution in [2.24, 2.45) is 7.05 Å². The third kappa shape index (κ3) is 4.07. The molecule has 0 unspecified atom stereocenters. The first-order valence-corrected chi connectivity index (χ1v) is 9.93. The Labute approximate surface area is 180 Å². The van der Waals surface area contributed by atoms with Crippen LogP contribution in [0.25, 0.3) is 16.8 Å². The molecule has 3 aromatic carbocycles. The van der Waals surface area contributed by atoms with E-state index in [1.54, 1.807) is 26.3 Å². The van der Waals surface area contributed by atoms with Gasteiger partial charge in [0.15, 0.2) is 0 Å². The Balaban J connectivity index is 1.63. The molecule has 0 saturated carbocycles. The lowest BCUT2D eigenvalue weighted by molar-refractivity contribution is 0.294. The monoisotopic (exact) mass is 416 g/mol. The van der Waals surface area contributed by atoms with Crippen LogP contribution in [0.1, 0.15) is 16.7 Å². The molecule has 0 amide bonds. The molecule has 0 aliphatic heterocycles. The van der Waals surface area contributed by atoms with Crippen LogP contribution in [0, 0.1) is 13.8 Å². The van der Waals surface area contributed by atoms with Gasteiger partial charge in [-0.2, -0.15) is 9.36 Å². The molecule has 0 saturated heterocycles. The molecule has 1 heterocycles. The molecule has 0 N–H and O–H groups in total. The highest BCUT2D eigenvalue weighted by Gasteiger charge is 2.16. The van der Waals surface area contributed by atoms with Crippen molar-refractivity contribution >= 4 is 0 Å². The number of hydrogen-bond donors (Lipinski definition) is 0. The maximum Gasteiger partial charge on any atom is 0.368 e. The van der Waals surface area contributed by atoms with Crippen molar-refractivity contribution in [3.05, 3.63) is 87.8 Å². The van der Waals surface area contributed by atoms with Crippen LogP contribution in [0.15, 0.2) is 65.5 Å². The molecule has 0 spiro atoms. The van der Waals surface area contributed by atoms with Crippen LogP contribution >= 0.6 is 0 Å². The highest BCUT2D eigenvalue weighted by molar-refractivity contribution is 5.66. The van der Waals surface area contributed by atoms with Crippen LogP contribution < -0.4 is 15.2 Å². The molecule has 1 aromatic heterocycles. The van der Waals surface area contributed by atoms with E-state index in [-0.39, 0.29) is 12.3 Å². The van der Waals surface area contributed by atoms with Gasteiger partial charge < -0.3 is 9.47 Å². The Bertz CT molecular complexity index is 1270. The van der Waals surface area contributed by atoms with Crippen LogP contribution in [0.3, 0.4) is 0 Å². The predicted octanol–water partition coefficient (Wildman–Crippen LogP) is 3.84. The van der Waals surface area contributed by atoms with E-state index in [9.17, 15) is 4.79 Å². The smallest absolute Gasteiger partial charge is 0.368 e. The van der Waals surface area contributed by atoms with Gasteiger partial charge in [0.2, 0.25) is 0 Å². The molecule has 4 aromatic rings. The second-order valence-electron chi connectivity index (χ2n) is 7.39. The number of rotatable bonds is 6. The van der Waals surface area contributed by atoms with Crippen molar-refractivity contribution in [1.82, 2.24) is 19.8 Å². The summed E-state index contributed by atoms with van der Waals surface area (Å²) in [6.45, 7) is 4.31. The van der Waals surface area contributed by atoms with Gasteiger partial charge in [-0.3, -0.25) is 0 Å². The first-order valence-electron chi connectivity index (χ1n) is 9.93. The number of ether oxygens (including phenoxy) is 2. The lowest BCUT2D eigenvalue weighted by Gasteiger charge is -2.15. The van der Waals surface area contributed by atoms with Crippen molar-refractivity contribution in [3.8, 4) is 28.3 Å². The summed E-state index contributed by atoms with van der Waals surface area (Å²) in [5.41, 5.74) is 5.50. The van der Waals surface area contributed by atoms with Crippen molar-refractivity contribution in [3.63, 3.8) is 0 Å². The van der Waals surface area contributed by atoms with Gasteiger partial charge in [0, 0.05) is 7.05 Å². The Hall–Kier alpha value is -3.87. The minimum Gasteiger partial charge on any atom is -0.496 e. The zero-order chi connectivity index (χ0) is 22.0. The average Bonchev–Trinajstić information content (AvgIpc) is 3.11. The normalized spacial score (nSPS) is 10.8. The zero-order valence-electron chi connectivity index (χ0n) is 18.0. The van der Waals surface area contributed by atoms with Gasteiger partial charge in [-0.1, -0.05) is 42.0 Å². The highest BCUT2D eigenvalue weighted by Crippen LogP contribution is 2.29. The second-order valence-corrected chi connectivity index (χ2v) is 7.39. The van der Waals surface area contributed by atoms with E-state index in [1.165, 1.54) is 14.9 Å². The Kier molecular flexibility index (Phi) is 5.58. The molecular formula is C24H24N4O3. The van der Waals surface area contributed by atoms with Crippen LogP contribution in [-0.2, 0) is 13.7 Å². The summed E-state index contributed by atoms with van der Waals surface area (Å²) in [5.74, 6) is 1.38. The third-order valence-electron chi connectivity index (χ3n) is 5.21. The molecular weight excluding hydrogens is 392 g/mol. The maximum atomic E-state index is 12.4. The molecule has 0 aliphatic carbocycles. The Morgan fingerprint density at radius 1 is 0.903 bits per heavy atom. The van der Waals surface area contributed by atoms with Gasteiger partial charge in [0.25, 0.3) is 0 Å². The predicted molar refractivity (Wildman–Crippen MR) is 119 cm³/mol. The number of nitrogens with zero attached hydrogens (tertiary/aromatic N) is 4. The molecule has 31 heavy (non-hydrogen) atoms. The fraction of sp³-hybridized carbons (Fsp3) is 0.208. The van der Waals surface area contributed by atoms with E-state index >= 15 is 0 Å². The SMILES string of the molecule is COc1cccc(-n2nnn(C)c2=O)c1COc1ccc(-c2ccc(C)cc2)cc1C. The largest absolute Gasteiger partial charge is 0.496 e. The molecule has 0 atom stereocenters. The first-order chi connectivity index (χ1) is 15.0. The number of aryl methyl sites for hydroxylation is 3. The number of methoxy groups -OCH3 is 1. The van der Waals surface area contributed by atoms with Crippen LogP contribution in [-0.4, -0.2) is 26.9 Å². The van der Waals surface area contributed by atoms with Gasteiger partial charge in [0.05, 0.1) is 18.4 Å². The number of benzene rings is 3. The average molecular weight is 416 g/mol. The molecule has 158 valence electrons. The van der Waals surface area contributed by atoms with Gasteiger partial charge in [-0.25, -0.2) is 4.79 Å². The van der Waals surface area contributed by atoms with Crippen LogP contribution in [0.4, 0.5) is 0 Å². The number of hydrogen-bond acceptors (Lipinski definition) is 5. The fourth-order valence-corrected chi connectivity index (χ4v) is 3.44. The molecule has 0 aliphatic rings. The summed E-state index contributed by atoms with van der Waals surface area (Å²) < 4.78 is 14.1. The first kappa shape index (κ1) is 20.4. The van der Waals surface area contributed by atoms with Gasteiger partial charge in [-0.05, 0) is 65.2 Å². The standard InChI is InChI=1S/C24H24N4O3/c1-16-8-10-18(11-9-16)19-12-13-22(17(2)14-19)31-15-20-21(6-5-7-23(20)30-4)28-24(29)27(3)25-26-28/h5-14H,15H2,1-4H3. The van der Waals surface area contributed by atoms with Gasteiger partial charge >= 0.3 is 5.69 Å². The van der Waals surface area contributed by atoms with E-state index < -0.39 is 0 Å². The summed E-state index contributed by atoms with van der Waals surface area (Å²) >= 11 is 0. The summed E-state index contributed by atoms with van der Waals surface area (Å²) in [7, 11) is 3.14. The van der Waals surface area contributed by atoms with Crippen molar-refractivity contribution < 1.29 is 9.47 Å². The zero-order valence-corrected chi connectivity index (χ0v) is 18.0. The number of tetrazole rings is 1. The van der Waals surface area contributed by atoms with Gasteiger partial charge in [0.1, 0.15) is 18.1 Å². The quantitative estimate of drug-likeness (QED) is 0.478. The van der Waals surface area contributed by atoms with Crippen LogP contribution in [0.2, 0.25) is 0 Å². The van der Waals surface area contributed by atoms with E-state index in [4.69, 9.17) is 9.47 Å². The Morgan fingerprint density at radius 2 is 1.65 bits per heavy atom. The summed E-state index contributed by atoms with van der Waals surface area (Å²) in [6.07, 6.45) is 0. The summed E-state index contributed by atoms with van der Waals surface area (Å²) in [6, 6.07) is 20.0. The lowest BCUT2D eigenvalue weighted by atomic mass is 10.0. The van der Waals surface area contributed by atoms with E-state index in [0.29, 0.717) is 11.4 Å². The molecule has 0 fully saturated rings. The minimum absolute atomic E-state index is 0.215. The molecule has 4 rings (SSSR count). The van der Waals surface area contributed by atoms with E-state index in [2.05, 4.69) is 47.7 Å². The van der Waals surface area contributed by atoms with Gasteiger partial charge in [-0.15, -0.1) is 0 Å². The van der Waals surface area contributed by atoms with Crippen molar-refractivity contribution in [1.29, 1.82) is 0 Å². The van der Waals surface area contributed by atoms with Crippen LogP contribution in [0.5, 0.6) is 11.5 Å². The summed E-state index contributed by atoms with van der Waals surface area (Å²) in [5, 5.41) is 7.75. The maximum absolute atomic E-state index is 12.4. The minimum atomic E-state index is -0.340. The third-order valence-corrected chi connectivity index (χ3v) is 5.21. The van der Waals surface area contributed by atoms with E-state index in [1.807, 2.05) is 25.1 Å². The Morgan fingerprint density at radius 3 is 2.29 bits per heavy atom. The fourth-order valence-electron chi connectivity index (χ4n) is 3.44. The molecule has 7 heteroatoms. The molecule has 0 bridgehead atoms. The van der Waals surface area contributed by atoms with Crippen molar-refractivity contribution in [2.45, 2.75) is 20.5 Å². The summed E-state index contributed by atoms with van der Waals surface area (Å²) in [4.78, 5) is 12.4.